The number of methoxy groups -OCH3 is 2. The number of pyridine rings is 1. The molecule has 6 nitrogen and oxygen atoms in total. The van der Waals surface area contributed by atoms with Gasteiger partial charge in [-0.3, -0.25) is 9.80 Å². The van der Waals surface area contributed by atoms with Crippen LogP contribution in [-0.4, -0.2) is 38.3 Å². The van der Waals surface area contributed by atoms with E-state index >= 15 is 0 Å². The van der Waals surface area contributed by atoms with Crippen molar-refractivity contribution in [1.82, 2.24) is 4.98 Å². The van der Waals surface area contributed by atoms with E-state index in [-0.39, 0.29) is 6.03 Å². The lowest BCUT2D eigenvalue weighted by molar-refractivity contribution is 0.255. The number of hydrogen-bond acceptors (Lipinski definition) is 4. The summed E-state index contributed by atoms with van der Waals surface area (Å²) < 4.78 is 10.6. The molecule has 0 spiro atoms. The Balaban J connectivity index is 1.94. The van der Waals surface area contributed by atoms with E-state index in [1.54, 1.807) is 41.3 Å². The predicted molar refractivity (Wildman–Crippen MR) is 88.9 cm³/mol. The SMILES string of the molecule is COc1cc(OC)c(N2CCN(c3ccccn3)C2=O)cc1Cl. The molecule has 1 aromatic heterocycles. The molecular formula is C16H16ClN3O3. The van der Waals surface area contributed by atoms with E-state index in [0.717, 1.165) is 0 Å². The van der Waals surface area contributed by atoms with Gasteiger partial charge in [0.15, 0.2) is 0 Å². The van der Waals surface area contributed by atoms with Crippen molar-refractivity contribution >= 4 is 29.1 Å². The highest BCUT2D eigenvalue weighted by atomic mass is 35.5. The molecule has 0 bridgehead atoms. The number of halogens is 1. The van der Waals surface area contributed by atoms with Gasteiger partial charge < -0.3 is 9.47 Å². The zero-order valence-corrected chi connectivity index (χ0v) is 13.6. The second kappa shape index (κ2) is 6.34. The quantitative estimate of drug-likeness (QED) is 0.862. The summed E-state index contributed by atoms with van der Waals surface area (Å²) in [6.45, 7) is 1.07. The van der Waals surface area contributed by atoms with Crippen LogP contribution in [0.25, 0.3) is 0 Å². The molecule has 1 fully saturated rings. The zero-order valence-electron chi connectivity index (χ0n) is 12.8. The second-order valence-electron chi connectivity index (χ2n) is 4.93. The highest BCUT2D eigenvalue weighted by molar-refractivity contribution is 6.32. The third kappa shape index (κ3) is 2.77. The van der Waals surface area contributed by atoms with Crippen molar-refractivity contribution in [2.24, 2.45) is 0 Å². The van der Waals surface area contributed by atoms with Crippen LogP contribution in [0.4, 0.5) is 16.3 Å². The number of hydrogen-bond donors (Lipinski definition) is 0. The molecule has 7 heteroatoms. The first-order valence-corrected chi connectivity index (χ1v) is 7.45. The molecule has 1 aromatic carbocycles. The maximum atomic E-state index is 12.7. The molecule has 0 radical (unpaired) electrons. The summed E-state index contributed by atoms with van der Waals surface area (Å²) in [4.78, 5) is 20.2. The first-order valence-electron chi connectivity index (χ1n) is 7.07. The van der Waals surface area contributed by atoms with Crippen molar-refractivity contribution < 1.29 is 14.3 Å². The van der Waals surface area contributed by atoms with E-state index < -0.39 is 0 Å². The third-order valence-corrected chi connectivity index (χ3v) is 3.97. The number of anilines is 2. The number of carbonyl (C=O) groups is 1. The lowest BCUT2D eigenvalue weighted by atomic mass is 10.2. The average Bonchev–Trinajstić information content (AvgIpc) is 2.96. The fourth-order valence-corrected chi connectivity index (χ4v) is 2.78. The Morgan fingerprint density at radius 2 is 1.83 bits per heavy atom. The molecular weight excluding hydrogens is 318 g/mol. The molecule has 2 heterocycles. The lowest BCUT2D eigenvalue weighted by Gasteiger charge is -2.21. The summed E-state index contributed by atoms with van der Waals surface area (Å²) in [5.74, 6) is 1.65. The monoisotopic (exact) mass is 333 g/mol. The minimum absolute atomic E-state index is 0.164. The van der Waals surface area contributed by atoms with E-state index in [4.69, 9.17) is 21.1 Å². The Morgan fingerprint density at radius 1 is 1.09 bits per heavy atom. The summed E-state index contributed by atoms with van der Waals surface area (Å²) in [6.07, 6.45) is 1.66. The molecule has 0 unspecified atom stereocenters. The van der Waals surface area contributed by atoms with Gasteiger partial charge in [-0.2, -0.15) is 0 Å². The number of ether oxygens (including phenoxy) is 2. The van der Waals surface area contributed by atoms with Gasteiger partial charge in [-0.1, -0.05) is 17.7 Å². The van der Waals surface area contributed by atoms with Crippen LogP contribution in [0.1, 0.15) is 0 Å². The number of benzene rings is 1. The molecule has 0 N–H and O–H groups in total. The Kier molecular flexibility index (Phi) is 4.25. The van der Waals surface area contributed by atoms with Crippen molar-refractivity contribution in [1.29, 1.82) is 0 Å². The summed E-state index contributed by atoms with van der Waals surface area (Å²) in [7, 11) is 3.08. The maximum Gasteiger partial charge on any atom is 0.330 e. The van der Waals surface area contributed by atoms with Crippen LogP contribution >= 0.6 is 11.6 Å². The molecule has 0 saturated carbocycles. The van der Waals surface area contributed by atoms with Crippen LogP contribution in [0.2, 0.25) is 5.02 Å². The van der Waals surface area contributed by atoms with E-state index in [9.17, 15) is 4.79 Å². The number of rotatable bonds is 4. The van der Waals surface area contributed by atoms with Gasteiger partial charge >= 0.3 is 6.03 Å². The average molecular weight is 334 g/mol. The van der Waals surface area contributed by atoms with Crippen LogP contribution < -0.4 is 19.3 Å². The summed E-state index contributed by atoms with van der Waals surface area (Å²) >= 11 is 6.19. The van der Waals surface area contributed by atoms with E-state index in [2.05, 4.69) is 4.98 Å². The van der Waals surface area contributed by atoms with Crippen LogP contribution in [-0.2, 0) is 0 Å². The third-order valence-electron chi connectivity index (χ3n) is 3.68. The van der Waals surface area contributed by atoms with Crippen LogP contribution in [0.15, 0.2) is 36.5 Å². The molecule has 3 rings (SSSR count). The first kappa shape index (κ1) is 15.4. The standard InChI is InChI=1S/C16H16ClN3O3/c1-22-13-10-14(23-2)12(9-11(13)17)19-7-8-20(16(19)21)15-5-3-4-6-18-15/h3-6,9-10H,7-8H2,1-2H3. The van der Waals surface area contributed by atoms with E-state index in [1.807, 2.05) is 12.1 Å². The van der Waals surface area contributed by atoms with E-state index in [0.29, 0.717) is 41.1 Å². The van der Waals surface area contributed by atoms with Crippen molar-refractivity contribution in [3.63, 3.8) is 0 Å². The Morgan fingerprint density at radius 3 is 2.48 bits per heavy atom. The molecule has 120 valence electrons. The number of carbonyl (C=O) groups excluding carboxylic acids is 1. The molecule has 0 atom stereocenters. The van der Waals surface area contributed by atoms with Gasteiger partial charge in [0, 0.05) is 25.4 Å². The summed E-state index contributed by atoms with van der Waals surface area (Å²) in [5.41, 5.74) is 0.613. The van der Waals surface area contributed by atoms with Crippen molar-refractivity contribution in [2.75, 3.05) is 37.1 Å². The van der Waals surface area contributed by atoms with E-state index in [1.165, 1.54) is 7.11 Å². The zero-order chi connectivity index (χ0) is 16.4. The van der Waals surface area contributed by atoms with Gasteiger partial charge in [0.25, 0.3) is 0 Å². The molecule has 2 aromatic rings. The molecule has 1 aliphatic rings. The number of nitrogens with zero attached hydrogens (tertiary/aromatic N) is 3. The van der Waals surface area contributed by atoms with Gasteiger partial charge in [-0.15, -0.1) is 0 Å². The fourth-order valence-electron chi connectivity index (χ4n) is 2.54. The predicted octanol–water partition coefficient (Wildman–Crippen LogP) is 3.20. The normalized spacial score (nSPS) is 14.3. The topological polar surface area (TPSA) is 54.9 Å². The van der Waals surface area contributed by atoms with Gasteiger partial charge in [-0.25, -0.2) is 9.78 Å². The first-order chi connectivity index (χ1) is 11.2. The highest BCUT2D eigenvalue weighted by Crippen LogP contribution is 2.39. The Hall–Kier alpha value is -2.47. The van der Waals surface area contributed by atoms with Crippen LogP contribution in [0.5, 0.6) is 11.5 Å². The largest absolute Gasteiger partial charge is 0.495 e. The van der Waals surface area contributed by atoms with Gasteiger partial charge in [0.1, 0.15) is 17.3 Å². The summed E-state index contributed by atoms with van der Waals surface area (Å²) in [5, 5.41) is 0.424. The van der Waals surface area contributed by atoms with Crippen LogP contribution in [0.3, 0.4) is 0 Å². The number of aromatic nitrogens is 1. The molecule has 1 saturated heterocycles. The van der Waals surface area contributed by atoms with Crippen LogP contribution in [0, 0.1) is 0 Å². The summed E-state index contributed by atoms with van der Waals surface area (Å²) in [6, 6.07) is 8.66. The van der Waals surface area contributed by atoms with Crippen molar-refractivity contribution in [2.45, 2.75) is 0 Å². The van der Waals surface area contributed by atoms with Gasteiger partial charge in [0.2, 0.25) is 0 Å². The minimum atomic E-state index is -0.164. The van der Waals surface area contributed by atoms with Crippen molar-refractivity contribution in [3.05, 3.63) is 41.6 Å². The second-order valence-corrected chi connectivity index (χ2v) is 5.34. The molecule has 2 amide bonds. The minimum Gasteiger partial charge on any atom is -0.495 e. The Labute approximate surface area is 139 Å². The molecule has 0 aliphatic carbocycles. The molecule has 23 heavy (non-hydrogen) atoms. The maximum absolute atomic E-state index is 12.7. The number of urea groups is 1. The highest BCUT2D eigenvalue weighted by Gasteiger charge is 2.33. The van der Waals surface area contributed by atoms with Gasteiger partial charge in [0.05, 0.1) is 24.9 Å². The lowest BCUT2D eigenvalue weighted by Crippen LogP contribution is -2.32. The smallest absolute Gasteiger partial charge is 0.330 e. The van der Waals surface area contributed by atoms with Gasteiger partial charge in [-0.05, 0) is 18.2 Å². The Bertz CT molecular complexity index is 724. The fraction of sp³-hybridized carbons (Fsp3) is 0.250. The number of amides is 2. The molecule has 1 aliphatic heterocycles. The van der Waals surface area contributed by atoms with Crippen molar-refractivity contribution in [3.8, 4) is 11.5 Å².